The number of likely N-dealkylation sites (tertiary alicyclic amines) is 1. The van der Waals surface area contributed by atoms with Crippen molar-refractivity contribution in [2.45, 2.75) is 26.2 Å². The molecule has 2 aliphatic rings. The van der Waals surface area contributed by atoms with Crippen molar-refractivity contribution in [3.05, 3.63) is 58.9 Å². The number of para-hydroxylation sites is 1. The van der Waals surface area contributed by atoms with Crippen molar-refractivity contribution in [3.8, 4) is 11.5 Å². The minimum absolute atomic E-state index is 0.00780. The Hall–Kier alpha value is -2.89. The van der Waals surface area contributed by atoms with Gasteiger partial charge in [-0.2, -0.15) is 0 Å². The number of Topliss-reactive ketones (excluding diaryl/α,β-unsaturated/α-hetero) is 1. The molecule has 1 fully saturated rings. The summed E-state index contributed by atoms with van der Waals surface area (Å²) in [7, 11) is 0. The van der Waals surface area contributed by atoms with Crippen LogP contribution in [0.5, 0.6) is 11.5 Å². The zero-order valence-electron chi connectivity index (χ0n) is 16.6. The van der Waals surface area contributed by atoms with Crippen molar-refractivity contribution in [2.75, 3.05) is 26.3 Å². The molecule has 0 aromatic heterocycles. The zero-order chi connectivity index (χ0) is 20.5. The van der Waals surface area contributed by atoms with E-state index < -0.39 is 5.82 Å². The highest BCUT2D eigenvalue weighted by molar-refractivity contribution is 5.96. The molecule has 0 N–H and O–H groups in total. The number of ketones is 1. The highest BCUT2D eigenvalue weighted by Gasteiger charge is 2.34. The Morgan fingerprint density at radius 2 is 2.03 bits per heavy atom. The van der Waals surface area contributed by atoms with Gasteiger partial charge in [0.25, 0.3) is 5.91 Å². The van der Waals surface area contributed by atoms with E-state index in [0.29, 0.717) is 36.9 Å². The molecule has 2 aromatic carbocycles. The number of hydrogen-bond donors (Lipinski definition) is 0. The van der Waals surface area contributed by atoms with Crippen molar-refractivity contribution < 1.29 is 23.5 Å². The first-order valence-corrected chi connectivity index (χ1v) is 9.90. The quantitative estimate of drug-likeness (QED) is 0.774. The predicted molar refractivity (Wildman–Crippen MR) is 106 cm³/mol. The maximum atomic E-state index is 14.4. The Balaban J connectivity index is 1.36. The number of benzene rings is 2. The second-order valence-corrected chi connectivity index (χ2v) is 8.02. The summed E-state index contributed by atoms with van der Waals surface area (Å²) in [5, 5.41) is 0. The Bertz CT molecular complexity index is 950. The smallest absolute Gasteiger partial charge is 0.256 e. The van der Waals surface area contributed by atoms with E-state index in [1.807, 2.05) is 18.2 Å². The Kier molecular flexibility index (Phi) is 5.26. The molecule has 152 valence electrons. The molecule has 1 amide bonds. The molecule has 2 aromatic rings. The minimum atomic E-state index is -0.617. The molecule has 1 saturated heterocycles. The summed E-state index contributed by atoms with van der Waals surface area (Å²) in [4.78, 5) is 25.9. The largest absolute Gasteiger partial charge is 0.493 e. The summed E-state index contributed by atoms with van der Waals surface area (Å²) in [5.41, 5.74) is 1.72. The van der Waals surface area contributed by atoms with Crippen LogP contribution < -0.4 is 9.47 Å². The number of amides is 1. The molecular weight excluding hydrogens is 373 g/mol. The van der Waals surface area contributed by atoms with E-state index in [2.05, 4.69) is 19.9 Å². The van der Waals surface area contributed by atoms with Gasteiger partial charge in [0.05, 0.1) is 12.2 Å². The molecule has 4 rings (SSSR count). The number of carbonyl (C=O) groups excluding carboxylic acids is 2. The van der Waals surface area contributed by atoms with Gasteiger partial charge in [-0.3, -0.25) is 9.59 Å². The van der Waals surface area contributed by atoms with Crippen LogP contribution in [-0.4, -0.2) is 42.9 Å². The van der Waals surface area contributed by atoms with E-state index in [4.69, 9.17) is 9.47 Å². The predicted octanol–water partition coefficient (Wildman–Crippen LogP) is 3.60. The first-order valence-electron chi connectivity index (χ1n) is 9.90. The molecule has 0 radical (unpaired) electrons. The van der Waals surface area contributed by atoms with Crippen molar-refractivity contribution in [2.24, 2.45) is 5.92 Å². The van der Waals surface area contributed by atoms with E-state index in [9.17, 15) is 14.0 Å². The molecule has 2 aliphatic heterocycles. The third-order valence-corrected chi connectivity index (χ3v) is 5.42. The Morgan fingerprint density at radius 1 is 1.28 bits per heavy atom. The summed E-state index contributed by atoms with van der Waals surface area (Å²) in [5.74, 6) is 0.745. The average Bonchev–Trinajstić information content (AvgIpc) is 2.66. The van der Waals surface area contributed by atoms with Gasteiger partial charge in [-0.05, 0) is 23.6 Å². The summed E-state index contributed by atoms with van der Waals surface area (Å²) < 4.78 is 25.6. The van der Waals surface area contributed by atoms with Crippen LogP contribution in [-0.2, 0) is 11.2 Å². The minimum Gasteiger partial charge on any atom is -0.493 e. The normalized spacial score (nSPS) is 16.3. The first-order chi connectivity index (χ1) is 13.9. The number of halogens is 1. The van der Waals surface area contributed by atoms with Gasteiger partial charge in [0.1, 0.15) is 23.9 Å². The maximum absolute atomic E-state index is 14.4. The van der Waals surface area contributed by atoms with Gasteiger partial charge in [-0.25, -0.2) is 4.39 Å². The fraction of sp³-hybridized carbons (Fsp3) is 0.391. The summed E-state index contributed by atoms with van der Waals surface area (Å²) in [6, 6.07) is 10.6. The van der Waals surface area contributed by atoms with Crippen LogP contribution in [0.4, 0.5) is 4.39 Å². The summed E-state index contributed by atoms with van der Waals surface area (Å²) in [6.45, 7) is 5.76. The molecular formula is C23H24FNO4. The fourth-order valence-electron chi connectivity index (χ4n) is 3.77. The average molecular weight is 397 g/mol. The van der Waals surface area contributed by atoms with Crippen molar-refractivity contribution in [1.82, 2.24) is 4.90 Å². The van der Waals surface area contributed by atoms with Gasteiger partial charge in [0.15, 0.2) is 5.78 Å². The van der Waals surface area contributed by atoms with E-state index in [1.165, 1.54) is 12.1 Å². The molecule has 5 nitrogen and oxygen atoms in total. The third kappa shape index (κ3) is 3.97. The number of ether oxygens (including phenoxy) is 2. The second kappa shape index (κ2) is 7.85. The lowest BCUT2D eigenvalue weighted by Crippen LogP contribution is -2.52. The molecule has 6 heteroatoms. The van der Waals surface area contributed by atoms with Crippen LogP contribution in [0, 0.1) is 11.7 Å². The van der Waals surface area contributed by atoms with Crippen molar-refractivity contribution in [1.29, 1.82) is 0 Å². The number of rotatable bonds is 5. The molecule has 2 heterocycles. The van der Waals surface area contributed by atoms with E-state index in [-0.39, 0.29) is 36.2 Å². The highest BCUT2D eigenvalue weighted by Crippen LogP contribution is 2.30. The number of fused-ring (bicyclic) bond motifs is 1. The standard InChI is InChI=1S/C23H24FNO4/c1-14(2)18-5-3-4-6-21(18)28-12-15-10-25(11-15)23(27)19-8-16-7-17(26)13-29-22(16)9-20(19)24/h3-6,8-9,14-15H,7,10-13H2,1-2H3. The van der Waals surface area contributed by atoms with Crippen LogP contribution in [0.2, 0.25) is 0 Å². The first kappa shape index (κ1) is 19.4. The molecule has 0 spiro atoms. The molecule has 0 saturated carbocycles. The SMILES string of the molecule is CC(C)c1ccccc1OCC1CN(C(=O)c2cc3c(cc2F)OCC(=O)C3)C1. The third-order valence-electron chi connectivity index (χ3n) is 5.42. The highest BCUT2D eigenvalue weighted by atomic mass is 19.1. The number of nitrogens with zero attached hydrogens (tertiary/aromatic N) is 1. The molecule has 29 heavy (non-hydrogen) atoms. The van der Waals surface area contributed by atoms with Crippen LogP contribution in [0.15, 0.2) is 36.4 Å². The lowest BCUT2D eigenvalue weighted by atomic mass is 9.97. The Morgan fingerprint density at radius 3 is 2.79 bits per heavy atom. The molecule has 0 bridgehead atoms. The Labute approximate surface area is 169 Å². The molecule has 0 unspecified atom stereocenters. The van der Waals surface area contributed by atoms with Crippen LogP contribution >= 0.6 is 0 Å². The lowest BCUT2D eigenvalue weighted by molar-refractivity contribution is -0.121. The number of carbonyl (C=O) groups is 2. The molecule has 0 aliphatic carbocycles. The van der Waals surface area contributed by atoms with Gasteiger partial charge >= 0.3 is 0 Å². The number of hydrogen-bond acceptors (Lipinski definition) is 4. The van der Waals surface area contributed by atoms with E-state index in [0.717, 1.165) is 11.3 Å². The summed E-state index contributed by atoms with van der Waals surface area (Å²) in [6.07, 6.45) is 0.168. The van der Waals surface area contributed by atoms with Crippen LogP contribution in [0.1, 0.15) is 41.3 Å². The van der Waals surface area contributed by atoms with Gasteiger partial charge in [-0.15, -0.1) is 0 Å². The van der Waals surface area contributed by atoms with Gasteiger partial charge in [-0.1, -0.05) is 32.0 Å². The van der Waals surface area contributed by atoms with Crippen molar-refractivity contribution in [3.63, 3.8) is 0 Å². The van der Waals surface area contributed by atoms with Crippen LogP contribution in [0.3, 0.4) is 0 Å². The fourth-order valence-corrected chi connectivity index (χ4v) is 3.77. The van der Waals surface area contributed by atoms with Crippen LogP contribution in [0.25, 0.3) is 0 Å². The topological polar surface area (TPSA) is 55.8 Å². The van der Waals surface area contributed by atoms with Crippen molar-refractivity contribution >= 4 is 11.7 Å². The summed E-state index contributed by atoms with van der Waals surface area (Å²) >= 11 is 0. The van der Waals surface area contributed by atoms with Gasteiger partial charge in [0, 0.05) is 37.1 Å². The van der Waals surface area contributed by atoms with Gasteiger partial charge in [0.2, 0.25) is 0 Å². The second-order valence-electron chi connectivity index (χ2n) is 8.02. The van der Waals surface area contributed by atoms with E-state index in [1.54, 1.807) is 4.90 Å². The monoisotopic (exact) mass is 397 g/mol. The molecule has 0 atom stereocenters. The lowest BCUT2D eigenvalue weighted by Gasteiger charge is -2.39. The maximum Gasteiger partial charge on any atom is 0.256 e. The zero-order valence-corrected chi connectivity index (χ0v) is 16.6. The van der Waals surface area contributed by atoms with Gasteiger partial charge < -0.3 is 14.4 Å². The van der Waals surface area contributed by atoms with E-state index >= 15 is 0 Å².